The summed E-state index contributed by atoms with van der Waals surface area (Å²) in [6.07, 6.45) is -3.02. The Morgan fingerprint density at radius 3 is 2.09 bits per heavy atom. The lowest BCUT2D eigenvalue weighted by Crippen LogP contribution is -2.62. The topological polar surface area (TPSA) is 181 Å². The molecule has 5 rings (SSSR count). The second-order valence-electron chi connectivity index (χ2n) is 11.4. The Morgan fingerprint density at radius 1 is 0.889 bits per heavy atom. The molecule has 10 atom stereocenters. The highest BCUT2D eigenvalue weighted by Crippen LogP contribution is 2.52. The number of esters is 2. The van der Waals surface area contributed by atoms with Crippen LogP contribution < -0.4 is 0 Å². The van der Waals surface area contributed by atoms with Gasteiger partial charge >= 0.3 is 11.9 Å². The van der Waals surface area contributed by atoms with E-state index in [0.29, 0.717) is 0 Å². The number of carbonyl (C=O) groups is 2. The highest BCUT2D eigenvalue weighted by Gasteiger charge is 2.68. The molecule has 0 spiro atoms. The van der Waals surface area contributed by atoms with E-state index in [2.05, 4.69) is 0 Å². The van der Waals surface area contributed by atoms with E-state index in [1.807, 2.05) is 24.3 Å². The van der Waals surface area contributed by atoms with Gasteiger partial charge in [0.25, 0.3) is 0 Å². The van der Waals surface area contributed by atoms with Crippen LogP contribution in [0.2, 0.25) is 0 Å². The van der Waals surface area contributed by atoms with Crippen molar-refractivity contribution < 1.29 is 58.8 Å². The van der Waals surface area contributed by atoms with Gasteiger partial charge in [0.2, 0.25) is 6.29 Å². The summed E-state index contributed by atoms with van der Waals surface area (Å²) in [5, 5.41) is 52.7. The fourth-order valence-electron chi connectivity index (χ4n) is 5.93. The predicted octanol–water partition coefficient (Wildman–Crippen LogP) is 1.06. The van der Waals surface area contributed by atoms with Crippen LogP contribution in [0.3, 0.4) is 0 Å². The Bertz CT molecular complexity index is 1410. The lowest BCUT2D eigenvalue weighted by molar-refractivity contribution is -0.351. The molecule has 0 radical (unpaired) electrons. The number of ether oxygens (including phenoxy) is 5. The molecule has 1 saturated carbocycles. The van der Waals surface area contributed by atoms with E-state index in [0.717, 1.165) is 17.4 Å². The molecule has 12 heteroatoms. The van der Waals surface area contributed by atoms with Gasteiger partial charge in [-0.3, -0.25) is 0 Å². The quantitative estimate of drug-likeness (QED) is 0.198. The van der Waals surface area contributed by atoms with Gasteiger partial charge in [-0.15, -0.1) is 0 Å². The fourth-order valence-corrected chi connectivity index (χ4v) is 5.93. The Balaban J connectivity index is 1.41. The van der Waals surface area contributed by atoms with Crippen LogP contribution in [0.15, 0.2) is 85.2 Å². The number of benzene rings is 2. The van der Waals surface area contributed by atoms with E-state index in [1.54, 1.807) is 48.6 Å². The molecule has 2 heterocycles. The zero-order valence-corrected chi connectivity index (χ0v) is 24.4. The van der Waals surface area contributed by atoms with Gasteiger partial charge in [0, 0.05) is 18.6 Å². The van der Waals surface area contributed by atoms with Gasteiger partial charge in [-0.2, -0.15) is 0 Å². The lowest BCUT2D eigenvalue weighted by atomic mass is 9.81. The molecule has 45 heavy (non-hydrogen) atoms. The van der Waals surface area contributed by atoms with Crippen molar-refractivity contribution in [2.45, 2.75) is 67.6 Å². The van der Waals surface area contributed by atoms with Crippen molar-refractivity contribution in [2.75, 3.05) is 6.61 Å². The second kappa shape index (κ2) is 13.6. The van der Waals surface area contributed by atoms with Crippen molar-refractivity contribution in [2.24, 2.45) is 5.92 Å². The van der Waals surface area contributed by atoms with Crippen molar-refractivity contribution in [3.63, 3.8) is 0 Å². The number of fused-ring (bicyclic) bond motifs is 1. The maximum absolute atomic E-state index is 13.1. The number of carbonyl (C=O) groups excluding carboxylic acids is 2. The number of aliphatic hydroxyl groups is 5. The third-order valence-electron chi connectivity index (χ3n) is 8.21. The number of aliphatic hydroxyl groups excluding tert-OH is 4. The maximum atomic E-state index is 13.1. The molecule has 2 aliphatic heterocycles. The molecule has 5 N–H and O–H groups in total. The molecule has 2 fully saturated rings. The van der Waals surface area contributed by atoms with E-state index in [-0.39, 0.29) is 6.42 Å². The highest BCUT2D eigenvalue weighted by molar-refractivity contribution is 5.88. The minimum absolute atomic E-state index is 0.174. The number of rotatable bonds is 9. The Morgan fingerprint density at radius 2 is 1.49 bits per heavy atom. The Kier molecular flexibility index (Phi) is 9.85. The van der Waals surface area contributed by atoms with Crippen LogP contribution in [0, 0.1) is 5.92 Å². The Labute approximate surface area is 259 Å². The van der Waals surface area contributed by atoms with Crippen molar-refractivity contribution in [1.82, 2.24) is 0 Å². The summed E-state index contributed by atoms with van der Waals surface area (Å²) in [5.74, 6) is -2.78. The first-order valence-corrected chi connectivity index (χ1v) is 14.5. The average Bonchev–Trinajstić information content (AvgIpc) is 3.25. The first kappa shape index (κ1) is 32.5. The summed E-state index contributed by atoms with van der Waals surface area (Å²) in [7, 11) is 0. The van der Waals surface area contributed by atoms with Crippen LogP contribution >= 0.6 is 0 Å². The molecule has 2 aromatic rings. The molecule has 1 aliphatic carbocycles. The van der Waals surface area contributed by atoms with E-state index < -0.39 is 78.8 Å². The zero-order chi connectivity index (χ0) is 32.2. The minimum atomic E-state index is -1.99. The molecular formula is C33H36O12. The SMILES string of the molecule is CC1(OC(=O)C=Cc2ccccc2)CC(OC(=O)C=Cc2ccccc2)C2(O)C=COC(OC3OC(CO)C(O)C(O)C3O)C12. The number of hydrogen-bond acceptors (Lipinski definition) is 12. The van der Waals surface area contributed by atoms with Gasteiger partial charge in [0.15, 0.2) is 6.29 Å². The molecule has 12 nitrogen and oxygen atoms in total. The summed E-state index contributed by atoms with van der Waals surface area (Å²) >= 11 is 0. The first-order chi connectivity index (χ1) is 21.5. The molecule has 10 unspecified atom stereocenters. The molecule has 0 bridgehead atoms. The van der Waals surface area contributed by atoms with Crippen molar-refractivity contribution >= 4 is 24.1 Å². The van der Waals surface area contributed by atoms with Gasteiger partial charge in [-0.25, -0.2) is 9.59 Å². The standard InChI is InChI=1S/C33H36O12/c1-32(45-25(36)15-13-21-10-6-3-7-11-21)18-23(43-24(35)14-12-20-8-4-2-5-9-20)33(40)16-17-41-31(29(32)33)44-30-28(39)27(38)26(37)22(19-34)42-30/h2-17,22-23,26-31,34,37-40H,18-19H2,1H3. The molecule has 1 saturated heterocycles. The maximum Gasteiger partial charge on any atom is 0.331 e. The third kappa shape index (κ3) is 7.02. The highest BCUT2D eigenvalue weighted by atomic mass is 16.8. The monoisotopic (exact) mass is 624 g/mol. The molecular weight excluding hydrogens is 588 g/mol. The van der Waals surface area contributed by atoms with Crippen LogP contribution in [0.4, 0.5) is 0 Å². The van der Waals surface area contributed by atoms with Crippen molar-refractivity contribution in [3.8, 4) is 0 Å². The lowest BCUT2D eigenvalue weighted by Gasteiger charge is -2.46. The second-order valence-corrected chi connectivity index (χ2v) is 11.4. The van der Waals surface area contributed by atoms with Crippen LogP contribution in [-0.4, -0.2) is 98.4 Å². The summed E-state index contributed by atoms with van der Waals surface area (Å²) in [6.45, 7) is 0.831. The van der Waals surface area contributed by atoms with Crippen LogP contribution in [0.25, 0.3) is 12.2 Å². The zero-order valence-electron chi connectivity index (χ0n) is 24.4. The summed E-state index contributed by atoms with van der Waals surface area (Å²) in [4.78, 5) is 26.0. The van der Waals surface area contributed by atoms with E-state index in [1.165, 1.54) is 25.2 Å². The molecule has 2 aromatic carbocycles. The minimum Gasteiger partial charge on any atom is -0.472 e. The van der Waals surface area contributed by atoms with Gasteiger partial charge in [0.05, 0.1) is 18.8 Å². The largest absolute Gasteiger partial charge is 0.472 e. The fraction of sp³-hybridized carbons (Fsp3) is 0.394. The summed E-state index contributed by atoms with van der Waals surface area (Å²) < 4.78 is 28.7. The normalized spacial score (nSPS) is 36.0. The van der Waals surface area contributed by atoms with Gasteiger partial charge in [0.1, 0.15) is 41.7 Å². The average molecular weight is 625 g/mol. The molecule has 0 amide bonds. The smallest absolute Gasteiger partial charge is 0.331 e. The van der Waals surface area contributed by atoms with Crippen LogP contribution in [-0.2, 0) is 33.3 Å². The van der Waals surface area contributed by atoms with E-state index >= 15 is 0 Å². The summed E-state index contributed by atoms with van der Waals surface area (Å²) in [5.41, 5.74) is -2.08. The van der Waals surface area contributed by atoms with Gasteiger partial charge in [-0.05, 0) is 36.3 Å². The van der Waals surface area contributed by atoms with Crippen LogP contribution in [0.5, 0.6) is 0 Å². The Hall–Kier alpha value is -3.88. The molecule has 0 aromatic heterocycles. The van der Waals surface area contributed by atoms with E-state index in [9.17, 15) is 35.1 Å². The van der Waals surface area contributed by atoms with Gasteiger partial charge in [-0.1, -0.05) is 60.7 Å². The first-order valence-electron chi connectivity index (χ1n) is 14.5. The van der Waals surface area contributed by atoms with E-state index in [4.69, 9.17) is 23.7 Å². The van der Waals surface area contributed by atoms with Crippen LogP contribution in [0.1, 0.15) is 24.5 Å². The van der Waals surface area contributed by atoms with Gasteiger partial charge < -0.3 is 49.2 Å². The predicted molar refractivity (Wildman–Crippen MR) is 157 cm³/mol. The summed E-state index contributed by atoms with van der Waals surface area (Å²) in [6, 6.07) is 18.1. The van der Waals surface area contributed by atoms with Crippen molar-refractivity contribution in [3.05, 3.63) is 96.3 Å². The van der Waals surface area contributed by atoms with Crippen molar-refractivity contribution in [1.29, 1.82) is 0 Å². The molecule has 240 valence electrons. The number of hydrogen-bond donors (Lipinski definition) is 5. The molecule has 3 aliphatic rings. The third-order valence-corrected chi connectivity index (χ3v) is 8.21.